The maximum Gasteiger partial charge on any atom is 0.0715 e. The number of aryl methyl sites for hydroxylation is 1. The Kier molecular flexibility index (Phi) is 2.75. The maximum absolute atomic E-state index is 9.19. The first kappa shape index (κ1) is 10.2. The number of aromatic nitrogens is 2. The van der Waals surface area contributed by atoms with Crippen LogP contribution >= 0.6 is 11.6 Å². The van der Waals surface area contributed by atoms with Crippen LogP contribution < -0.4 is 0 Å². The predicted octanol–water partition coefficient (Wildman–Crippen LogP) is 2.33. The molecule has 0 atom stereocenters. The summed E-state index contributed by atoms with van der Waals surface area (Å²) in [6.45, 7) is 1.94. The number of halogens is 1. The summed E-state index contributed by atoms with van der Waals surface area (Å²) in [6, 6.07) is 5.35. The average molecular weight is 223 g/mol. The highest BCUT2D eigenvalue weighted by Crippen LogP contribution is 2.19. The standard InChI is InChI=1S/C11H11ClN2O/c1-8-5-13-14(6-8)11-4-10(12)3-2-9(11)7-15/h2-6,15H,7H2,1H3. The van der Waals surface area contributed by atoms with Crippen LogP contribution in [0.15, 0.2) is 30.6 Å². The molecule has 78 valence electrons. The van der Waals surface area contributed by atoms with Crippen molar-refractivity contribution >= 4 is 11.6 Å². The van der Waals surface area contributed by atoms with Crippen molar-refractivity contribution in [1.29, 1.82) is 0 Å². The highest BCUT2D eigenvalue weighted by Gasteiger charge is 2.05. The molecule has 2 aromatic rings. The number of nitrogens with zero attached hydrogens (tertiary/aromatic N) is 2. The van der Waals surface area contributed by atoms with E-state index in [9.17, 15) is 5.11 Å². The number of rotatable bonds is 2. The molecule has 0 aliphatic carbocycles. The number of aliphatic hydroxyl groups is 1. The van der Waals surface area contributed by atoms with Gasteiger partial charge in [-0.3, -0.25) is 0 Å². The summed E-state index contributed by atoms with van der Waals surface area (Å²) in [7, 11) is 0. The molecule has 0 saturated carbocycles. The number of hydrogen-bond acceptors (Lipinski definition) is 2. The molecule has 0 spiro atoms. The van der Waals surface area contributed by atoms with Gasteiger partial charge in [0.2, 0.25) is 0 Å². The smallest absolute Gasteiger partial charge is 0.0715 e. The van der Waals surface area contributed by atoms with Crippen LogP contribution in [-0.2, 0) is 6.61 Å². The summed E-state index contributed by atoms with van der Waals surface area (Å²) in [5, 5.41) is 14.0. The van der Waals surface area contributed by atoms with E-state index in [4.69, 9.17) is 11.6 Å². The third-order valence-electron chi connectivity index (χ3n) is 2.18. The summed E-state index contributed by atoms with van der Waals surface area (Å²) in [5.74, 6) is 0. The van der Waals surface area contributed by atoms with Crippen LogP contribution in [0.5, 0.6) is 0 Å². The van der Waals surface area contributed by atoms with Gasteiger partial charge in [0.1, 0.15) is 0 Å². The Bertz CT molecular complexity index is 479. The molecular weight excluding hydrogens is 212 g/mol. The fourth-order valence-electron chi connectivity index (χ4n) is 1.43. The Balaban J connectivity index is 2.55. The second kappa shape index (κ2) is 4.04. The predicted molar refractivity (Wildman–Crippen MR) is 59.2 cm³/mol. The van der Waals surface area contributed by atoms with Crippen molar-refractivity contribution in [2.45, 2.75) is 13.5 Å². The van der Waals surface area contributed by atoms with Crippen molar-refractivity contribution in [2.24, 2.45) is 0 Å². The van der Waals surface area contributed by atoms with Crippen molar-refractivity contribution in [3.63, 3.8) is 0 Å². The summed E-state index contributed by atoms with van der Waals surface area (Å²) in [4.78, 5) is 0. The zero-order chi connectivity index (χ0) is 10.8. The lowest BCUT2D eigenvalue weighted by molar-refractivity contribution is 0.281. The third-order valence-corrected chi connectivity index (χ3v) is 2.41. The summed E-state index contributed by atoms with van der Waals surface area (Å²) in [6.07, 6.45) is 3.66. The van der Waals surface area contributed by atoms with Gasteiger partial charge in [-0.05, 0) is 24.6 Å². The van der Waals surface area contributed by atoms with Gasteiger partial charge in [-0.1, -0.05) is 17.7 Å². The molecule has 0 aliphatic rings. The lowest BCUT2D eigenvalue weighted by atomic mass is 10.2. The first-order valence-corrected chi connectivity index (χ1v) is 4.99. The van der Waals surface area contributed by atoms with Gasteiger partial charge in [0.05, 0.1) is 18.5 Å². The average Bonchev–Trinajstić information content (AvgIpc) is 2.65. The molecule has 4 heteroatoms. The molecule has 2 rings (SSSR count). The van der Waals surface area contributed by atoms with E-state index in [1.54, 1.807) is 29.1 Å². The normalized spacial score (nSPS) is 10.6. The van der Waals surface area contributed by atoms with E-state index in [0.717, 1.165) is 16.8 Å². The molecule has 0 fully saturated rings. The largest absolute Gasteiger partial charge is 0.392 e. The van der Waals surface area contributed by atoms with Crippen LogP contribution in [0.25, 0.3) is 5.69 Å². The van der Waals surface area contributed by atoms with Crippen LogP contribution in [-0.4, -0.2) is 14.9 Å². The minimum Gasteiger partial charge on any atom is -0.392 e. The van der Waals surface area contributed by atoms with Crippen LogP contribution in [0.3, 0.4) is 0 Å². The van der Waals surface area contributed by atoms with E-state index < -0.39 is 0 Å². The van der Waals surface area contributed by atoms with E-state index in [-0.39, 0.29) is 6.61 Å². The Morgan fingerprint density at radius 1 is 1.47 bits per heavy atom. The van der Waals surface area contributed by atoms with Crippen LogP contribution in [0.1, 0.15) is 11.1 Å². The summed E-state index contributed by atoms with van der Waals surface area (Å²) < 4.78 is 1.72. The summed E-state index contributed by atoms with van der Waals surface area (Å²) in [5.41, 5.74) is 2.69. The molecule has 1 aromatic heterocycles. The number of benzene rings is 1. The van der Waals surface area contributed by atoms with Gasteiger partial charge in [0, 0.05) is 16.8 Å². The van der Waals surface area contributed by atoms with E-state index in [2.05, 4.69) is 5.10 Å². The second-order valence-corrected chi connectivity index (χ2v) is 3.83. The zero-order valence-electron chi connectivity index (χ0n) is 8.31. The van der Waals surface area contributed by atoms with E-state index in [0.29, 0.717) is 5.02 Å². The quantitative estimate of drug-likeness (QED) is 0.847. The fraction of sp³-hybridized carbons (Fsp3) is 0.182. The molecule has 1 N–H and O–H groups in total. The van der Waals surface area contributed by atoms with Crippen LogP contribution in [0.4, 0.5) is 0 Å². The SMILES string of the molecule is Cc1cnn(-c2cc(Cl)ccc2CO)c1. The van der Waals surface area contributed by atoms with Gasteiger partial charge >= 0.3 is 0 Å². The molecule has 0 aliphatic heterocycles. The molecule has 3 nitrogen and oxygen atoms in total. The lowest BCUT2D eigenvalue weighted by Gasteiger charge is -2.07. The third kappa shape index (κ3) is 2.03. The molecule has 0 unspecified atom stereocenters. The lowest BCUT2D eigenvalue weighted by Crippen LogP contribution is -1.99. The molecule has 0 amide bonds. The fourth-order valence-corrected chi connectivity index (χ4v) is 1.59. The molecule has 0 saturated heterocycles. The molecule has 0 radical (unpaired) electrons. The Labute approximate surface area is 92.9 Å². The topological polar surface area (TPSA) is 38.0 Å². The van der Waals surface area contributed by atoms with Gasteiger partial charge in [-0.15, -0.1) is 0 Å². The van der Waals surface area contributed by atoms with Crippen molar-refractivity contribution in [2.75, 3.05) is 0 Å². The van der Waals surface area contributed by atoms with Crippen molar-refractivity contribution in [3.8, 4) is 5.69 Å². The van der Waals surface area contributed by atoms with Gasteiger partial charge < -0.3 is 5.11 Å². The van der Waals surface area contributed by atoms with Crippen LogP contribution in [0.2, 0.25) is 5.02 Å². The van der Waals surface area contributed by atoms with Crippen molar-refractivity contribution in [1.82, 2.24) is 9.78 Å². The number of hydrogen-bond donors (Lipinski definition) is 1. The van der Waals surface area contributed by atoms with Crippen molar-refractivity contribution < 1.29 is 5.11 Å². The van der Waals surface area contributed by atoms with E-state index in [1.807, 2.05) is 13.1 Å². The molecule has 1 aromatic carbocycles. The minimum atomic E-state index is -0.0224. The van der Waals surface area contributed by atoms with Gasteiger partial charge in [-0.2, -0.15) is 5.10 Å². The first-order valence-electron chi connectivity index (χ1n) is 4.61. The van der Waals surface area contributed by atoms with Crippen LogP contribution in [0, 0.1) is 6.92 Å². The van der Waals surface area contributed by atoms with Gasteiger partial charge in [-0.25, -0.2) is 4.68 Å². The monoisotopic (exact) mass is 222 g/mol. The molecule has 1 heterocycles. The Morgan fingerprint density at radius 3 is 2.87 bits per heavy atom. The first-order chi connectivity index (χ1) is 7.20. The van der Waals surface area contributed by atoms with E-state index in [1.165, 1.54) is 0 Å². The maximum atomic E-state index is 9.19. The highest BCUT2D eigenvalue weighted by molar-refractivity contribution is 6.30. The zero-order valence-corrected chi connectivity index (χ0v) is 9.07. The minimum absolute atomic E-state index is 0.0224. The Hall–Kier alpha value is -1.32. The van der Waals surface area contributed by atoms with E-state index >= 15 is 0 Å². The number of aliphatic hydroxyl groups excluding tert-OH is 1. The molecule has 15 heavy (non-hydrogen) atoms. The molecule has 0 bridgehead atoms. The highest BCUT2D eigenvalue weighted by atomic mass is 35.5. The van der Waals surface area contributed by atoms with Gasteiger partial charge in [0.25, 0.3) is 0 Å². The van der Waals surface area contributed by atoms with Crippen molar-refractivity contribution in [3.05, 3.63) is 46.7 Å². The summed E-state index contributed by atoms with van der Waals surface area (Å²) >= 11 is 5.91. The molecular formula is C11H11ClN2O. The Morgan fingerprint density at radius 2 is 2.27 bits per heavy atom. The van der Waals surface area contributed by atoms with Gasteiger partial charge in [0.15, 0.2) is 0 Å². The second-order valence-electron chi connectivity index (χ2n) is 3.39.